The first-order chi connectivity index (χ1) is 10.1. The SMILES string of the molecule is O=C(CNC(=O)c1cccc(Br)c1)NCc1ccccn1. The fraction of sp³-hybridized carbons (Fsp3) is 0.133. The van der Waals surface area contributed by atoms with Gasteiger partial charge in [-0.1, -0.05) is 28.1 Å². The highest BCUT2D eigenvalue weighted by molar-refractivity contribution is 9.10. The molecule has 0 atom stereocenters. The third-order valence-corrected chi connectivity index (χ3v) is 3.18. The lowest BCUT2D eigenvalue weighted by atomic mass is 10.2. The van der Waals surface area contributed by atoms with E-state index in [2.05, 4.69) is 31.5 Å². The van der Waals surface area contributed by atoms with Crippen LogP contribution in [0.25, 0.3) is 0 Å². The molecule has 5 nitrogen and oxygen atoms in total. The summed E-state index contributed by atoms with van der Waals surface area (Å²) in [5.41, 5.74) is 1.27. The van der Waals surface area contributed by atoms with E-state index in [0.29, 0.717) is 12.1 Å². The topological polar surface area (TPSA) is 71.1 Å². The summed E-state index contributed by atoms with van der Waals surface area (Å²) in [5, 5.41) is 5.26. The summed E-state index contributed by atoms with van der Waals surface area (Å²) in [6, 6.07) is 12.5. The number of nitrogens with zero attached hydrogens (tertiary/aromatic N) is 1. The van der Waals surface area contributed by atoms with Crippen LogP contribution in [0.3, 0.4) is 0 Å². The average molecular weight is 348 g/mol. The van der Waals surface area contributed by atoms with Gasteiger partial charge in [-0.05, 0) is 30.3 Å². The van der Waals surface area contributed by atoms with Gasteiger partial charge in [-0.15, -0.1) is 0 Å². The number of rotatable bonds is 5. The molecule has 0 aliphatic heterocycles. The van der Waals surface area contributed by atoms with Crippen molar-refractivity contribution in [1.82, 2.24) is 15.6 Å². The highest BCUT2D eigenvalue weighted by Gasteiger charge is 2.08. The van der Waals surface area contributed by atoms with Crippen molar-refractivity contribution >= 4 is 27.7 Å². The van der Waals surface area contributed by atoms with Crippen molar-refractivity contribution in [2.45, 2.75) is 6.54 Å². The number of benzene rings is 1. The van der Waals surface area contributed by atoms with E-state index >= 15 is 0 Å². The van der Waals surface area contributed by atoms with Crippen molar-refractivity contribution in [3.8, 4) is 0 Å². The molecule has 0 bridgehead atoms. The van der Waals surface area contributed by atoms with Gasteiger partial charge in [-0.2, -0.15) is 0 Å². The Hall–Kier alpha value is -2.21. The Balaban J connectivity index is 1.77. The average Bonchev–Trinajstić information content (AvgIpc) is 2.51. The number of aromatic nitrogens is 1. The van der Waals surface area contributed by atoms with Gasteiger partial charge in [0.1, 0.15) is 0 Å². The van der Waals surface area contributed by atoms with E-state index < -0.39 is 0 Å². The molecule has 1 heterocycles. The zero-order chi connectivity index (χ0) is 15.1. The second-order valence-corrected chi connectivity index (χ2v) is 5.21. The molecule has 1 aromatic heterocycles. The summed E-state index contributed by atoms with van der Waals surface area (Å²) >= 11 is 3.29. The van der Waals surface area contributed by atoms with Crippen LogP contribution in [0, 0.1) is 0 Å². The molecule has 21 heavy (non-hydrogen) atoms. The maximum absolute atomic E-state index is 11.9. The summed E-state index contributed by atoms with van der Waals surface area (Å²) in [5.74, 6) is -0.548. The van der Waals surface area contributed by atoms with Crippen LogP contribution in [-0.2, 0) is 11.3 Å². The predicted molar refractivity (Wildman–Crippen MR) is 82.6 cm³/mol. The van der Waals surface area contributed by atoms with Crippen LogP contribution < -0.4 is 10.6 Å². The van der Waals surface area contributed by atoms with Crippen LogP contribution in [0.5, 0.6) is 0 Å². The van der Waals surface area contributed by atoms with E-state index in [9.17, 15) is 9.59 Å². The van der Waals surface area contributed by atoms with E-state index in [1.54, 1.807) is 24.4 Å². The maximum atomic E-state index is 11.9. The van der Waals surface area contributed by atoms with Gasteiger partial charge in [0.15, 0.2) is 0 Å². The molecule has 2 aromatic rings. The summed E-state index contributed by atoms with van der Waals surface area (Å²) in [6.07, 6.45) is 1.66. The third kappa shape index (κ3) is 5.00. The largest absolute Gasteiger partial charge is 0.349 e. The van der Waals surface area contributed by atoms with E-state index in [1.807, 2.05) is 24.3 Å². The van der Waals surface area contributed by atoms with E-state index in [4.69, 9.17) is 0 Å². The Morgan fingerprint density at radius 3 is 2.67 bits per heavy atom. The standard InChI is InChI=1S/C15H14BrN3O2/c16-12-5-3-4-11(8-12)15(21)19-10-14(20)18-9-13-6-1-2-7-17-13/h1-8H,9-10H2,(H,18,20)(H,19,21). The molecule has 0 aliphatic rings. The molecule has 0 saturated heterocycles. The van der Waals surface area contributed by atoms with Crippen molar-refractivity contribution in [3.05, 3.63) is 64.4 Å². The number of amides is 2. The van der Waals surface area contributed by atoms with E-state index in [1.165, 1.54) is 0 Å². The Morgan fingerprint density at radius 2 is 1.95 bits per heavy atom. The van der Waals surface area contributed by atoms with Crippen molar-refractivity contribution in [2.24, 2.45) is 0 Å². The van der Waals surface area contributed by atoms with E-state index in [-0.39, 0.29) is 18.4 Å². The maximum Gasteiger partial charge on any atom is 0.251 e. The van der Waals surface area contributed by atoms with Crippen LogP contribution in [0.15, 0.2) is 53.1 Å². The molecule has 0 radical (unpaired) electrons. The van der Waals surface area contributed by atoms with Crippen LogP contribution in [0.2, 0.25) is 0 Å². The van der Waals surface area contributed by atoms with Gasteiger partial charge < -0.3 is 10.6 Å². The number of pyridine rings is 1. The van der Waals surface area contributed by atoms with Crippen molar-refractivity contribution in [3.63, 3.8) is 0 Å². The highest BCUT2D eigenvalue weighted by Crippen LogP contribution is 2.11. The van der Waals surface area contributed by atoms with E-state index in [0.717, 1.165) is 10.2 Å². The number of hydrogen-bond donors (Lipinski definition) is 2. The molecule has 2 N–H and O–H groups in total. The van der Waals surface area contributed by atoms with Gasteiger partial charge >= 0.3 is 0 Å². The fourth-order valence-electron chi connectivity index (χ4n) is 1.65. The zero-order valence-corrected chi connectivity index (χ0v) is 12.8. The molecule has 108 valence electrons. The lowest BCUT2D eigenvalue weighted by Crippen LogP contribution is -2.36. The molecule has 2 rings (SSSR count). The number of carbonyl (C=O) groups is 2. The van der Waals surface area contributed by atoms with Gasteiger partial charge in [0, 0.05) is 16.2 Å². The smallest absolute Gasteiger partial charge is 0.251 e. The predicted octanol–water partition coefficient (Wildman–Crippen LogP) is 1.89. The number of hydrogen-bond acceptors (Lipinski definition) is 3. The molecule has 0 spiro atoms. The number of carbonyl (C=O) groups excluding carboxylic acids is 2. The Labute approximate surface area is 130 Å². The van der Waals surface area contributed by atoms with Crippen molar-refractivity contribution < 1.29 is 9.59 Å². The van der Waals surface area contributed by atoms with Gasteiger partial charge in [0.2, 0.25) is 5.91 Å². The minimum Gasteiger partial charge on any atom is -0.349 e. The molecule has 0 aliphatic carbocycles. The van der Waals surface area contributed by atoms with Gasteiger partial charge in [0.05, 0.1) is 18.8 Å². The molecular weight excluding hydrogens is 334 g/mol. The highest BCUT2D eigenvalue weighted by atomic mass is 79.9. The van der Waals surface area contributed by atoms with Crippen LogP contribution in [0.1, 0.15) is 16.1 Å². The fourth-order valence-corrected chi connectivity index (χ4v) is 2.05. The molecule has 0 unspecified atom stereocenters. The number of nitrogens with one attached hydrogen (secondary N) is 2. The van der Waals surface area contributed by atoms with Crippen LogP contribution >= 0.6 is 15.9 Å². The van der Waals surface area contributed by atoms with Gasteiger partial charge in [-0.25, -0.2) is 0 Å². The third-order valence-electron chi connectivity index (χ3n) is 2.69. The van der Waals surface area contributed by atoms with Gasteiger partial charge in [0.25, 0.3) is 5.91 Å². The zero-order valence-electron chi connectivity index (χ0n) is 11.2. The summed E-state index contributed by atoms with van der Waals surface area (Å²) in [6.45, 7) is 0.268. The molecule has 0 saturated carbocycles. The summed E-state index contributed by atoms with van der Waals surface area (Å²) in [4.78, 5) is 27.6. The second kappa shape index (κ2) is 7.54. The normalized spacial score (nSPS) is 9.95. The molecule has 1 aromatic carbocycles. The first-order valence-electron chi connectivity index (χ1n) is 6.35. The lowest BCUT2D eigenvalue weighted by Gasteiger charge is -2.07. The minimum absolute atomic E-state index is 0.0712. The summed E-state index contributed by atoms with van der Waals surface area (Å²) in [7, 11) is 0. The molecular formula is C15H14BrN3O2. The summed E-state index contributed by atoms with van der Waals surface area (Å²) < 4.78 is 0.815. The molecule has 0 fully saturated rings. The Bertz CT molecular complexity index is 632. The quantitative estimate of drug-likeness (QED) is 0.867. The minimum atomic E-state index is -0.288. The first kappa shape index (κ1) is 15.2. The molecule has 6 heteroatoms. The Kier molecular flexibility index (Phi) is 5.45. The Morgan fingerprint density at radius 1 is 1.10 bits per heavy atom. The van der Waals surface area contributed by atoms with Crippen LogP contribution in [-0.4, -0.2) is 23.3 Å². The van der Waals surface area contributed by atoms with Crippen LogP contribution in [0.4, 0.5) is 0 Å². The lowest BCUT2D eigenvalue weighted by molar-refractivity contribution is -0.120. The van der Waals surface area contributed by atoms with Crippen molar-refractivity contribution in [1.29, 1.82) is 0 Å². The monoisotopic (exact) mass is 347 g/mol. The van der Waals surface area contributed by atoms with Gasteiger partial charge in [-0.3, -0.25) is 14.6 Å². The van der Waals surface area contributed by atoms with Crippen molar-refractivity contribution in [2.75, 3.05) is 6.54 Å². The number of halogens is 1. The second-order valence-electron chi connectivity index (χ2n) is 4.29. The first-order valence-corrected chi connectivity index (χ1v) is 7.15. The molecule has 2 amide bonds.